The average molecular weight is 459 g/mol. The molecule has 0 radical (unpaired) electrons. The highest BCUT2D eigenvalue weighted by Gasteiger charge is 2.14. The van der Waals surface area contributed by atoms with Crippen LogP contribution in [0.1, 0.15) is 36.1 Å². The van der Waals surface area contributed by atoms with E-state index in [0.29, 0.717) is 17.3 Å². The number of pyridine rings is 2. The summed E-state index contributed by atoms with van der Waals surface area (Å²) in [5.41, 5.74) is 5.78. The largest absolute Gasteiger partial charge is 0.481 e. The van der Waals surface area contributed by atoms with Crippen molar-refractivity contribution >= 4 is 40.2 Å². The molecule has 0 aliphatic rings. The number of rotatable bonds is 8. The number of aromatic amines is 1. The summed E-state index contributed by atoms with van der Waals surface area (Å²) in [6, 6.07) is 11.1. The van der Waals surface area contributed by atoms with Crippen molar-refractivity contribution < 1.29 is 14.7 Å². The van der Waals surface area contributed by atoms with Crippen LogP contribution in [0.4, 0.5) is 17.3 Å². The van der Waals surface area contributed by atoms with Crippen LogP contribution in [0.2, 0.25) is 0 Å². The average Bonchev–Trinajstić information content (AvgIpc) is 3.22. The van der Waals surface area contributed by atoms with Crippen LogP contribution in [0.5, 0.6) is 0 Å². The zero-order valence-corrected chi connectivity index (χ0v) is 19.2. The number of carboxylic acids is 1. The van der Waals surface area contributed by atoms with Gasteiger partial charge >= 0.3 is 5.97 Å². The van der Waals surface area contributed by atoms with E-state index in [9.17, 15) is 9.59 Å². The van der Waals surface area contributed by atoms with Gasteiger partial charge in [0.1, 0.15) is 0 Å². The number of imidazole rings is 1. The van der Waals surface area contributed by atoms with Crippen LogP contribution >= 0.6 is 0 Å². The summed E-state index contributed by atoms with van der Waals surface area (Å²) in [7, 11) is 1.93. The molecule has 0 aliphatic carbocycles. The van der Waals surface area contributed by atoms with Gasteiger partial charge < -0.3 is 20.3 Å². The maximum atomic E-state index is 12.6. The van der Waals surface area contributed by atoms with Gasteiger partial charge in [0, 0.05) is 24.9 Å². The first kappa shape index (κ1) is 22.9. The van der Waals surface area contributed by atoms with Crippen LogP contribution < -0.4 is 10.2 Å². The highest BCUT2D eigenvalue weighted by molar-refractivity contribution is 5.92. The van der Waals surface area contributed by atoms with Crippen molar-refractivity contribution in [3.05, 3.63) is 71.8 Å². The summed E-state index contributed by atoms with van der Waals surface area (Å²) in [5, 5.41) is 11.8. The van der Waals surface area contributed by atoms with Crippen molar-refractivity contribution in [2.24, 2.45) is 0 Å². The van der Waals surface area contributed by atoms with E-state index in [1.165, 1.54) is 0 Å². The van der Waals surface area contributed by atoms with Gasteiger partial charge in [0.2, 0.25) is 11.9 Å². The first-order valence-corrected chi connectivity index (χ1v) is 10.9. The second kappa shape index (κ2) is 9.70. The number of aromatic nitrogens is 4. The first-order chi connectivity index (χ1) is 16.3. The van der Waals surface area contributed by atoms with E-state index >= 15 is 0 Å². The lowest BCUT2D eigenvalue weighted by Crippen LogP contribution is -2.14. The van der Waals surface area contributed by atoms with Crippen LogP contribution in [0.15, 0.2) is 55.0 Å². The number of carbonyl (C=O) groups is 2. The molecule has 0 aliphatic heterocycles. The molecule has 34 heavy (non-hydrogen) atoms. The Labute approximate surface area is 196 Å². The molecule has 0 saturated carbocycles. The van der Waals surface area contributed by atoms with Crippen LogP contribution in [-0.4, -0.2) is 44.0 Å². The number of carboxylic acid groups (broad SMARTS) is 1. The van der Waals surface area contributed by atoms with Gasteiger partial charge in [-0.2, -0.15) is 0 Å². The van der Waals surface area contributed by atoms with Crippen molar-refractivity contribution in [3.63, 3.8) is 0 Å². The zero-order valence-electron chi connectivity index (χ0n) is 19.2. The number of aryl methyl sites for hydroxylation is 1. The van der Waals surface area contributed by atoms with Gasteiger partial charge in [0.15, 0.2) is 0 Å². The fourth-order valence-electron chi connectivity index (χ4n) is 3.76. The Hall–Kier alpha value is -4.27. The Morgan fingerprint density at radius 1 is 1.18 bits per heavy atom. The molecular formula is C25H26N6O3. The minimum absolute atomic E-state index is 0.00807. The summed E-state index contributed by atoms with van der Waals surface area (Å²) in [5.74, 6) is -0.549. The van der Waals surface area contributed by atoms with Crippen LogP contribution in [0, 0.1) is 6.92 Å². The number of hydrogen-bond donors (Lipinski definition) is 3. The Morgan fingerprint density at radius 2 is 2.00 bits per heavy atom. The standard InChI is InChI=1S/C25H26N6O3/c1-15-8-9-26-14-22(15)31(3)25-29-20-6-4-17(11-21(20)30-25)12-23(32)28-18-5-7-19(27-13-18)16(2)10-24(33)34/h4-9,11,13-14,16H,10,12H2,1-3H3,(H,28,32)(H,29,30)(H,33,34). The lowest BCUT2D eigenvalue weighted by atomic mass is 10.0. The lowest BCUT2D eigenvalue weighted by molar-refractivity contribution is -0.137. The molecule has 1 atom stereocenters. The molecule has 0 spiro atoms. The summed E-state index contributed by atoms with van der Waals surface area (Å²) in [6.07, 6.45) is 5.30. The third kappa shape index (κ3) is 5.20. The number of amides is 1. The topological polar surface area (TPSA) is 124 Å². The maximum absolute atomic E-state index is 12.6. The number of fused-ring (bicyclic) bond motifs is 1. The highest BCUT2D eigenvalue weighted by atomic mass is 16.4. The second-order valence-electron chi connectivity index (χ2n) is 8.33. The summed E-state index contributed by atoms with van der Waals surface area (Å²) >= 11 is 0. The van der Waals surface area contributed by atoms with E-state index in [2.05, 4.69) is 25.3 Å². The van der Waals surface area contributed by atoms with Gasteiger partial charge in [0.25, 0.3) is 0 Å². The summed E-state index contributed by atoms with van der Waals surface area (Å²) in [6.45, 7) is 3.83. The third-order valence-electron chi connectivity index (χ3n) is 5.64. The molecule has 3 N–H and O–H groups in total. The molecule has 1 unspecified atom stereocenters. The number of anilines is 3. The van der Waals surface area contributed by atoms with Gasteiger partial charge in [-0.15, -0.1) is 0 Å². The molecule has 4 rings (SSSR count). The number of nitrogens with one attached hydrogen (secondary N) is 2. The molecule has 0 saturated heterocycles. The molecule has 9 heteroatoms. The molecule has 0 fully saturated rings. The minimum atomic E-state index is -0.869. The van der Waals surface area contributed by atoms with Crippen molar-refractivity contribution in [2.45, 2.75) is 32.6 Å². The summed E-state index contributed by atoms with van der Waals surface area (Å²) in [4.78, 5) is 41.8. The smallest absolute Gasteiger partial charge is 0.304 e. The minimum Gasteiger partial charge on any atom is -0.481 e. The van der Waals surface area contributed by atoms with Crippen LogP contribution in [-0.2, 0) is 16.0 Å². The third-order valence-corrected chi connectivity index (χ3v) is 5.64. The van der Waals surface area contributed by atoms with Crippen molar-refractivity contribution in [1.29, 1.82) is 0 Å². The van der Waals surface area contributed by atoms with E-state index in [0.717, 1.165) is 27.8 Å². The monoisotopic (exact) mass is 458 g/mol. The van der Waals surface area contributed by atoms with Crippen molar-refractivity contribution in [1.82, 2.24) is 19.9 Å². The summed E-state index contributed by atoms with van der Waals surface area (Å²) < 4.78 is 0. The number of carbonyl (C=O) groups excluding carboxylic acids is 1. The van der Waals surface area contributed by atoms with E-state index < -0.39 is 5.97 Å². The number of aliphatic carboxylic acids is 1. The normalized spacial score (nSPS) is 11.9. The highest BCUT2D eigenvalue weighted by Crippen LogP contribution is 2.26. The van der Waals surface area contributed by atoms with Crippen molar-refractivity contribution in [2.75, 3.05) is 17.3 Å². The first-order valence-electron chi connectivity index (χ1n) is 10.9. The molecule has 3 aromatic heterocycles. The van der Waals surface area contributed by atoms with Gasteiger partial charge in [0.05, 0.1) is 47.6 Å². The van der Waals surface area contributed by atoms with E-state index in [1.54, 1.807) is 37.6 Å². The SMILES string of the molecule is Cc1ccncc1N(C)c1nc2ccc(CC(=O)Nc3ccc(C(C)CC(=O)O)nc3)cc2[nH]1. The fourth-order valence-corrected chi connectivity index (χ4v) is 3.76. The quantitative estimate of drug-likeness (QED) is 0.362. The molecule has 3 heterocycles. The van der Waals surface area contributed by atoms with E-state index in [-0.39, 0.29) is 24.7 Å². The van der Waals surface area contributed by atoms with Gasteiger partial charge in [-0.05, 0) is 48.4 Å². The van der Waals surface area contributed by atoms with Gasteiger partial charge in [-0.1, -0.05) is 13.0 Å². The fraction of sp³-hybridized carbons (Fsp3) is 0.240. The van der Waals surface area contributed by atoms with Gasteiger partial charge in [-0.3, -0.25) is 19.6 Å². The number of nitrogens with zero attached hydrogens (tertiary/aromatic N) is 4. The molecule has 1 amide bonds. The Kier molecular flexibility index (Phi) is 6.53. The molecule has 174 valence electrons. The molecule has 0 bridgehead atoms. The van der Waals surface area contributed by atoms with Crippen molar-refractivity contribution in [3.8, 4) is 0 Å². The Balaban J connectivity index is 1.42. The Bertz CT molecular complexity index is 1330. The molecule has 4 aromatic rings. The molecular weight excluding hydrogens is 432 g/mol. The molecule has 9 nitrogen and oxygen atoms in total. The number of H-pyrrole nitrogens is 1. The number of hydrogen-bond acceptors (Lipinski definition) is 6. The lowest BCUT2D eigenvalue weighted by Gasteiger charge is -2.17. The van der Waals surface area contributed by atoms with E-state index in [1.807, 2.05) is 43.1 Å². The van der Waals surface area contributed by atoms with Gasteiger partial charge in [-0.25, -0.2) is 4.98 Å². The predicted molar refractivity (Wildman–Crippen MR) is 130 cm³/mol. The van der Waals surface area contributed by atoms with Crippen LogP contribution in [0.3, 0.4) is 0 Å². The Morgan fingerprint density at radius 3 is 2.71 bits per heavy atom. The molecule has 1 aromatic carbocycles. The zero-order chi connectivity index (χ0) is 24.2. The second-order valence-corrected chi connectivity index (χ2v) is 8.33. The predicted octanol–water partition coefficient (Wildman–Crippen LogP) is 4.19. The van der Waals surface area contributed by atoms with E-state index in [4.69, 9.17) is 5.11 Å². The van der Waals surface area contributed by atoms with Crippen LogP contribution in [0.25, 0.3) is 11.0 Å². The number of benzene rings is 1. The maximum Gasteiger partial charge on any atom is 0.304 e.